The molecule has 1 N–H and O–H groups in total. The summed E-state index contributed by atoms with van der Waals surface area (Å²) in [7, 11) is -3.75. The molecule has 0 unspecified atom stereocenters. The zero-order valence-corrected chi connectivity index (χ0v) is 18.0. The molecule has 0 aliphatic carbocycles. The van der Waals surface area contributed by atoms with E-state index in [1.807, 2.05) is 0 Å². The minimum absolute atomic E-state index is 0.00424. The van der Waals surface area contributed by atoms with Gasteiger partial charge in [-0.15, -0.1) is 0 Å². The van der Waals surface area contributed by atoms with E-state index in [0.717, 1.165) is 0 Å². The van der Waals surface area contributed by atoms with Crippen molar-refractivity contribution in [2.45, 2.75) is 11.8 Å². The molecule has 1 fully saturated rings. The van der Waals surface area contributed by atoms with Crippen molar-refractivity contribution in [3.8, 4) is 0 Å². The highest BCUT2D eigenvalue weighted by molar-refractivity contribution is 7.89. The first-order valence-electron chi connectivity index (χ1n) is 9.59. The van der Waals surface area contributed by atoms with Gasteiger partial charge in [0.25, 0.3) is 11.6 Å². The highest BCUT2D eigenvalue weighted by Crippen LogP contribution is 2.24. The smallest absolute Gasteiger partial charge is 0.345 e. The summed E-state index contributed by atoms with van der Waals surface area (Å²) in [5.74, 6) is -1.74. The lowest BCUT2D eigenvalue weighted by atomic mass is 10.1. The molecule has 0 saturated carbocycles. The van der Waals surface area contributed by atoms with Gasteiger partial charge < -0.3 is 14.8 Å². The number of aryl methyl sites for hydroxylation is 1. The van der Waals surface area contributed by atoms with Gasteiger partial charge in [0.05, 0.1) is 23.0 Å². The van der Waals surface area contributed by atoms with E-state index >= 15 is 0 Å². The monoisotopic (exact) mass is 463 g/mol. The Labute approximate surface area is 184 Å². The summed E-state index contributed by atoms with van der Waals surface area (Å²) >= 11 is 0. The summed E-state index contributed by atoms with van der Waals surface area (Å²) in [6, 6.07) is 9.88. The summed E-state index contributed by atoms with van der Waals surface area (Å²) in [4.78, 5) is 35.0. The van der Waals surface area contributed by atoms with Gasteiger partial charge in [-0.1, -0.05) is 18.2 Å². The zero-order chi connectivity index (χ0) is 23.3. The van der Waals surface area contributed by atoms with E-state index in [2.05, 4.69) is 5.32 Å². The van der Waals surface area contributed by atoms with Gasteiger partial charge in [-0.05, 0) is 31.2 Å². The zero-order valence-electron chi connectivity index (χ0n) is 17.1. The van der Waals surface area contributed by atoms with Crippen LogP contribution in [0.2, 0.25) is 0 Å². The number of esters is 1. The number of amides is 1. The first kappa shape index (κ1) is 23.3. The van der Waals surface area contributed by atoms with Crippen molar-refractivity contribution < 1.29 is 32.4 Å². The predicted molar refractivity (Wildman–Crippen MR) is 113 cm³/mol. The molecule has 12 heteroatoms. The van der Waals surface area contributed by atoms with Crippen LogP contribution in [0.3, 0.4) is 0 Å². The molecule has 170 valence electrons. The second-order valence-electron chi connectivity index (χ2n) is 6.90. The first-order chi connectivity index (χ1) is 15.2. The van der Waals surface area contributed by atoms with Crippen LogP contribution in [0.1, 0.15) is 15.9 Å². The molecule has 2 aromatic carbocycles. The molecule has 1 heterocycles. The minimum Gasteiger partial charge on any atom is -0.452 e. The number of nitrogens with one attached hydrogen (secondary N) is 1. The Morgan fingerprint density at radius 3 is 2.56 bits per heavy atom. The molecule has 0 bridgehead atoms. The topological polar surface area (TPSA) is 145 Å². The number of benzene rings is 2. The molecule has 0 atom stereocenters. The average Bonchev–Trinajstić information content (AvgIpc) is 2.77. The number of ether oxygens (including phenoxy) is 2. The second-order valence-corrected chi connectivity index (χ2v) is 8.83. The number of para-hydroxylation sites is 1. The quantitative estimate of drug-likeness (QED) is 0.371. The number of nitro groups is 1. The number of nitro benzene ring substituents is 1. The molecule has 1 aliphatic rings. The van der Waals surface area contributed by atoms with Crippen LogP contribution in [0.4, 0.5) is 11.4 Å². The molecule has 1 saturated heterocycles. The summed E-state index contributed by atoms with van der Waals surface area (Å²) in [5, 5.41) is 13.7. The number of nitrogens with zero attached hydrogens (tertiary/aromatic N) is 2. The summed E-state index contributed by atoms with van der Waals surface area (Å²) < 4.78 is 36.9. The van der Waals surface area contributed by atoms with Crippen LogP contribution < -0.4 is 5.32 Å². The van der Waals surface area contributed by atoms with E-state index in [4.69, 9.17) is 9.47 Å². The van der Waals surface area contributed by atoms with Crippen LogP contribution in [0.15, 0.2) is 47.4 Å². The standard InChI is InChI=1S/C20H21N3O8S/c1-14-4-2-7-17(19(14)23(26)27)20(25)31-13-18(24)21-15-5-3-6-16(12-15)32(28,29)22-8-10-30-11-9-22/h2-7,12H,8-11,13H2,1H3,(H,21,24). The fourth-order valence-electron chi connectivity index (χ4n) is 3.14. The Morgan fingerprint density at radius 2 is 1.88 bits per heavy atom. The summed E-state index contributed by atoms with van der Waals surface area (Å²) in [6.45, 7) is 1.87. The first-order valence-corrected chi connectivity index (χ1v) is 11.0. The number of anilines is 1. The molecule has 32 heavy (non-hydrogen) atoms. The fourth-order valence-corrected chi connectivity index (χ4v) is 4.60. The van der Waals surface area contributed by atoms with Gasteiger partial charge in [-0.2, -0.15) is 4.31 Å². The molecule has 1 aliphatic heterocycles. The van der Waals surface area contributed by atoms with Crippen LogP contribution in [0.25, 0.3) is 0 Å². The third-order valence-corrected chi connectivity index (χ3v) is 6.59. The van der Waals surface area contributed by atoms with E-state index in [9.17, 15) is 28.1 Å². The molecule has 11 nitrogen and oxygen atoms in total. The van der Waals surface area contributed by atoms with Crippen molar-refractivity contribution in [3.05, 3.63) is 63.7 Å². The highest BCUT2D eigenvalue weighted by atomic mass is 32.2. The predicted octanol–water partition coefficient (Wildman–Crippen LogP) is 1.72. The largest absolute Gasteiger partial charge is 0.452 e. The van der Waals surface area contributed by atoms with Gasteiger partial charge in [0.15, 0.2) is 6.61 Å². The number of hydrogen-bond donors (Lipinski definition) is 1. The van der Waals surface area contributed by atoms with Gasteiger partial charge in [0.1, 0.15) is 5.56 Å². The number of rotatable bonds is 7. The van der Waals surface area contributed by atoms with Crippen molar-refractivity contribution in [2.24, 2.45) is 0 Å². The van der Waals surface area contributed by atoms with Crippen LogP contribution in [0.5, 0.6) is 0 Å². The van der Waals surface area contributed by atoms with Crippen molar-refractivity contribution in [2.75, 3.05) is 38.2 Å². The molecule has 2 aromatic rings. The molecule has 0 aromatic heterocycles. The maximum atomic E-state index is 12.7. The maximum absolute atomic E-state index is 12.7. The number of carbonyl (C=O) groups is 2. The Hall–Kier alpha value is -3.35. The normalized spacial score (nSPS) is 14.5. The van der Waals surface area contributed by atoms with E-state index in [1.54, 1.807) is 0 Å². The summed E-state index contributed by atoms with van der Waals surface area (Å²) in [6.07, 6.45) is 0. The van der Waals surface area contributed by atoms with Crippen molar-refractivity contribution >= 4 is 33.3 Å². The Balaban J connectivity index is 1.65. The summed E-state index contributed by atoms with van der Waals surface area (Å²) in [5.41, 5.74) is -0.172. The molecular formula is C20H21N3O8S. The van der Waals surface area contributed by atoms with E-state index in [0.29, 0.717) is 13.2 Å². The molecule has 0 spiro atoms. The van der Waals surface area contributed by atoms with Crippen molar-refractivity contribution in [1.29, 1.82) is 0 Å². The van der Waals surface area contributed by atoms with Crippen LogP contribution in [-0.4, -0.2) is 62.4 Å². The van der Waals surface area contributed by atoms with Crippen LogP contribution in [-0.2, 0) is 24.3 Å². The second kappa shape index (κ2) is 9.85. The lowest BCUT2D eigenvalue weighted by Gasteiger charge is -2.26. The Bertz CT molecular complexity index is 1140. The SMILES string of the molecule is Cc1cccc(C(=O)OCC(=O)Nc2cccc(S(=O)(=O)N3CCOCC3)c2)c1[N+](=O)[O-]. The van der Waals surface area contributed by atoms with Gasteiger partial charge in [-0.25, -0.2) is 13.2 Å². The van der Waals surface area contributed by atoms with Crippen LogP contribution in [0, 0.1) is 17.0 Å². The van der Waals surface area contributed by atoms with E-state index in [-0.39, 0.29) is 40.5 Å². The molecule has 1 amide bonds. The molecular weight excluding hydrogens is 442 g/mol. The number of sulfonamides is 1. The Morgan fingerprint density at radius 1 is 1.19 bits per heavy atom. The van der Waals surface area contributed by atoms with Gasteiger partial charge in [-0.3, -0.25) is 14.9 Å². The highest BCUT2D eigenvalue weighted by Gasteiger charge is 2.27. The van der Waals surface area contributed by atoms with E-state index < -0.39 is 33.4 Å². The number of morpholine rings is 1. The molecule has 0 radical (unpaired) electrons. The number of carbonyl (C=O) groups excluding carboxylic acids is 2. The minimum atomic E-state index is -3.75. The maximum Gasteiger partial charge on any atom is 0.345 e. The van der Waals surface area contributed by atoms with Gasteiger partial charge in [0, 0.05) is 24.3 Å². The van der Waals surface area contributed by atoms with Gasteiger partial charge in [0.2, 0.25) is 10.0 Å². The van der Waals surface area contributed by atoms with Gasteiger partial charge >= 0.3 is 5.97 Å². The Kier molecular flexibility index (Phi) is 7.18. The lowest BCUT2D eigenvalue weighted by Crippen LogP contribution is -2.40. The van der Waals surface area contributed by atoms with Crippen molar-refractivity contribution in [1.82, 2.24) is 4.31 Å². The fraction of sp³-hybridized carbons (Fsp3) is 0.300. The number of hydrogen-bond acceptors (Lipinski definition) is 8. The van der Waals surface area contributed by atoms with Crippen LogP contribution >= 0.6 is 0 Å². The lowest BCUT2D eigenvalue weighted by molar-refractivity contribution is -0.385. The van der Waals surface area contributed by atoms with E-state index in [1.165, 1.54) is 53.7 Å². The third-order valence-electron chi connectivity index (χ3n) is 4.70. The molecule has 3 rings (SSSR count). The van der Waals surface area contributed by atoms with Crippen molar-refractivity contribution in [3.63, 3.8) is 0 Å². The third kappa shape index (κ3) is 5.28. The average molecular weight is 463 g/mol.